The molecule has 0 bridgehead atoms. The predicted octanol–water partition coefficient (Wildman–Crippen LogP) is 1.35. The summed E-state index contributed by atoms with van der Waals surface area (Å²) in [6.45, 7) is 0.189. The van der Waals surface area contributed by atoms with Gasteiger partial charge < -0.3 is 10.8 Å². The molecule has 72 valence electrons. The summed E-state index contributed by atoms with van der Waals surface area (Å²) in [5.41, 5.74) is 4.86. The number of aliphatic hydroxyl groups is 1. The third-order valence-electron chi connectivity index (χ3n) is 1.77. The zero-order chi connectivity index (χ0) is 9.84. The molecule has 0 heterocycles. The standard InChI is InChI=1S/C9H11F2NO/c10-6-2-1-3-7(11)9(6)8(13)4-5-12/h1-3,8,13H,4-5,12H2/t8-/m0/s1. The topological polar surface area (TPSA) is 46.2 Å². The van der Waals surface area contributed by atoms with E-state index in [-0.39, 0.29) is 18.5 Å². The maximum atomic E-state index is 13.0. The number of hydrogen-bond acceptors (Lipinski definition) is 2. The van der Waals surface area contributed by atoms with Crippen LogP contribution in [0.4, 0.5) is 8.78 Å². The molecule has 0 aliphatic carbocycles. The summed E-state index contributed by atoms with van der Waals surface area (Å²) in [7, 11) is 0. The van der Waals surface area contributed by atoms with Gasteiger partial charge >= 0.3 is 0 Å². The third kappa shape index (κ3) is 2.23. The number of halogens is 2. The average Bonchev–Trinajstić information content (AvgIpc) is 2.04. The Kier molecular flexibility index (Phi) is 3.33. The highest BCUT2D eigenvalue weighted by Crippen LogP contribution is 2.22. The van der Waals surface area contributed by atoms with Crippen molar-refractivity contribution >= 4 is 0 Å². The van der Waals surface area contributed by atoms with Gasteiger partial charge in [-0.05, 0) is 25.1 Å². The lowest BCUT2D eigenvalue weighted by molar-refractivity contribution is 0.160. The highest BCUT2D eigenvalue weighted by atomic mass is 19.1. The van der Waals surface area contributed by atoms with Crippen LogP contribution in [-0.4, -0.2) is 11.7 Å². The first kappa shape index (κ1) is 10.1. The maximum Gasteiger partial charge on any atom is 0.131 e. The number of aliphatic hydroxyl groups excluding tert-OH is 1. The minimum absolute atomic E-state index is 0.151. The molecule has 0 aliphatic rings. The highest BCUT2D eigenvalue weighted by molar-refractivity contribution is 5.21. The Balaban J connectivity index is 2.98. The van der Waals surface area contributed by atoms with Crippen molar-refractivity contribution in [3.63, 3.8) is 0 Å². The Morgan fingerprint density at radius 3 is 2.31 bits per heavy atom. The quantitative estimate of drug-likeness (QED) is 0.750. The second kappa shape index (κ2) is 4.30. The summed E-state index contributed by atoms with van der Waals surface area (Å²) in [6, 6.07) is 3.47. The molecule has 0 amide bonds. The van der Waals surface area contributed by atoms with Crippen LogP contribution in [0.3, 0.4) is 0 Å². The van der Waals surface area contributed by atoms with Crippen molar-refractivity contribution in [2.75, 3.05) is 6.54 Å². The molecule has 1 aromatic carbocycles. The van der Waals surface area contributed by atoms with Crippen molar-refractivity contribution in [3.05, 3.63) is 35.4 Å². The molecule has 2 nitrogen and oxygen atoms in total. The molecule has 0 unspecified atom stereocenters. The molecule has 0 aliphatic heterocycles. The van der Waals surface area contributed by atoms with Gasteiger partial charge in [0.05, 0.1) is 11.7 Å². The van der Waals surface area contributed by atoms with Gasteiger partial charge in [-0.1, -0.05) is 6.07 Å². The lowest BCUT2D eigenvalue weighted by atomic mass is 10.1. The van der Waals surface area contributed by atoms with Gasteiger partial charge in [0.2, 0.25) is 0 Å². The molecule has 0 radical (unpaired) electrons. The van der Waals surface area contributed by atoms with Crippen LogP contribution in [0.25, 0.3) is 0 Å². The van der Waals surface area contributed by atoms with Crippen molar-refractivity contribution < 1.29 is 13.9 Å². The Morgan fingerprint density at radius 2 is 1.85 bits per heavy atom. The van der Waals surface area contributed by atoms with Crippen molar-refractivity contribution in [3.8, 4) is 0 Å². The van der Waals surface area contributed by atoms with Gasteiger partial charge in [0.1, 0.15) is 11.6 Å². The van der Waals surface area contributed by atoms with Crippen molar-refractivity contribution in [2.24, 2.45) is 5.73 Å². The fourth-order valence-electron chi connectivity index (χ4n) is 1.13. The van der Waals surface area contributed by atoms with E-state index in [1.54, 1.807) is 0 Å². The number of nitrogens with two attached hydrogens (primary N) is 1. The lowest BCUT2D eigenvalue weighted by Crippen LogP contribution is -2.09. The zero-order valence-electron chi connectivity index (χ0n) is 7.00. The van der Waals surface area contributed by atoms with E-state index in [0.29, 0.717) is 0 Å². The Labute approximate surface area is 75.0 Å². The van der Waals surface area contributed by atoms with Crippen LogP contribution in [0.5, 0.6) is 0 Å². The number of benzene rings is 1. The van der Waals surface area contributed by atoms with Gasteiger partial charge in [-0.15, -0.1) is 0 Å². The molecule has 0 saturated heterocycles. The van der Waals surface area contributed by atoms with Gasteiger partial charge in [-0.25, -0.2) is 8.78 Å². The van der Waals surface area contributed by atoms with Crippen molar-refractivity contribution in [1.82, 2.24) is 0 Å². The van der Waals surface area contributed by atoms with Gasteiger partial charge in [0, 0.05) is 0 Å². The van der Waals surface area contributed by atoms with Gasteiger partial charge in [0.25, 0.3) is 0 Å². The molecule has 0 fully saturated rings. The molecular weight excluding hydrogens is 176 g/mol. The molecule has 1 aromatic rings. The lowest BCUT2D eigenvalue weighted by Gasteiger charge is -2.11. The minimum Gasteiger partial charge on any atom is -0.388 e. The first-order valence-electron chi connectivity index (χ1n) is 3.99. The highest BCUT2D eigenvalue weighted by Gasteiger charge is 2.16. The Hall–Kier alpha value is -1.00. The molecule has 4 heteroatoms. The van der Waals surface area contributed by atoms with Crippen LogP contribution in [-0.2, 0) is 0 Å². The van der Waals surface area contributed by atoms with Crippen LogP contribution >= 0.6 is 0 Å². The van der Waals surface area contributed by atoms with E-state index >= 15 is 0 Å². The predicted molar refractivity (Wildman–Crippen MR) is 45.0 cm³/mol. The van der Waals surface area contributed by atoms with E-state index in [1.807, 2.05) is 0 Å². The molecule has 0 saturated carbocycles. The van der Waals surface area contributed by atoms with Gasteiger partial charge in [-0.3, -0.25) is 0 Å². The first-order valence-corrected chi connectivity index (χ1v) is 3.99. The monoisotopic (exact) mass is 187 g/mol. The third-order valence-corrected chi connectivity index (χ3v) is 1.77. The van der Waals surface area contributed by atoms with E-state index in [4.69, 9.17) is 5.73 Å². The summed E-state index contributed by atoms with van der Waals surface area (Å²) in [6.07, 6.45) is -1.01. The molecule has 1 rings (SSSR count). The van der Waals surface area contributed by atoms with Crippen molar-refractivity contribution in [1.29, 1.82) is 0 Å². The van der Waals surface area contributed by atoms with Gasteiger partial charge in [0.15, 0.2) is 0 Å². The fraction of sp³-hybridized carbons (Fsp3) is 0.333. The van der Waals surface area contributed by atoms with E-state index in [0.717, 1.165) is 12.1 Å². The number of rotatable bonds is 3. The summed E-state index contributed by atoms with van der Waals surface area (Å²) in [5, 5.41) is 9.32. The van der Waals surface area contributed by atoms with Crippen LogP contribution in [0.15, 0.2) is 18.2 Å². The van der Waals surface area contributed by atoms with Gasteiger partial charge in [-0.2, -0.15) is 0 Å². The average molecular weight is 187 g/mol. The molecule has 3 N–H and O–H groups in total. The summed E-state index contributed by atoms with van der Waals surface area (Å²) in [4.78, 5) is 0. The van der Waals surface area contributed by atoms with E-state index < -0.39 is 17.7 Å². The van der Waals surface area contributed by atoms with Crippen molar-refractivity contribution in [2.45, 2.75) is 12.5 Å². The van der Waals surface area contributed by atoms with Crippen LogP contribution < -0.4 is 5.73 Å². The SMILES string of the molecule is NCC[C@H](O)c1c(F)cccc1F. The maximum absolute atomic E-state index is 13.0. The normalized spacial score (nSPS) is 12.9. The minimum atomic E-state index is -1.16. The molecule has 0 spiro atoms. The van der Waals surface area contributed by atoms with E-state index in [2.05, 4.69) is 0 Å². The first-order chi connectivity index (χ1) is 6.16. The Morgan fingerprint density at radius 1 is 1.31 bits per heavy atom. The fourth-order valence-corrected chi connectivity index (χ4v) is 1.13. The summed E-state index contributed by atoms with van der Waals surface area (Å²) < 4.78 is 26.0. The molecular formula is C9H11F2NO. The van der Waals surface area contributed by atoms with Crippen LogP contribution in [0, 0.1) is 11.6 Å². The summed E-state index contributed by atoms with van der Waals surface area (Å²) >= 11 is 0. The molecule has 1 atom stereocenters. The molecule has 0 aromatic heterocycles. The Bertz CT molecular complexity index is 271. The summed E-state index contributed by atoms with van der Waals surface area (Å²) in [5.74, 6) is -1.47. The van der Waals surface area contributed by atoms with Crippen LogP contribution in [0.1, 0.15) is 18.1 Å². The second-order valence-electron chi connectivity index (χ2n) is 2.73. The largest absolute Gasteiger partial charge is 0.388 e. The smallest absolute Gasteiger partial charge is 0.131 e. The van der Waals surface area contributed by atoms with E-state index in [9.17, 15) is 13.9 Å². The number of hydrogen-bond donors (Lipinski definition) is 2. The molecule has 13 heavy (non-hydrogen) atoms. The van der Waals surface area contributed by atoms with E-state index in [1.165, 1.54) is 6.07 Å². The second-order valence-corrected chi connectivity index (χ2v) is 2.73. The zero-order valence-corrected chi connectivity index (χ0v) is 7.00. The van der Waals surface area contributed by atoms with Crippen LogP contribution in [0.2, 0.25) is 0 Å².